The Balaban J connectivity index is 1.96. The lowest BCUT2D eigenvalue weighted by molar-refractivity contribution is 0.0946. The van der Waals surface area contributed by atoms with E-state index in [4.69, 9.17) is 16.3 Å². The summed E-state index contributed by atoms with van der Waals surface area (Å²) in [5.74, 6) is -0.233. The van der Waals surface area contributed by atoms with E-state index in [1.165, 1.54) is 6.20 Å². The average molecular weight is 320 g/mol. The van der Waals surface area contributed by atoms with Crippen LogP contribution >= 0.6 is 11.6 Å². The molecule has 6 heteroatoms. The minimum Gasteiger partial charge on any atom is -0.383 e. The summed E-state index contributed by atoms with van der Waals surface area (Å²) in [6.07, 6.45) is 1.46. The molecule has 2 N–H and O–H groups in total. The van der Waals surface area contributed by atoms with Crippen molar-refractivity contribution in [2.75, 3.05) is 25.6 Å². The molecule has 5 nitrogen and oxygen atoms in total. The average Bonchev–Trinajstić information content (AvgIpc) is 2.54. The third kappa shape index (κ3) is 4.72. The number of nitrogens with one attached hydrogen (secondary N) is 2. The molecule has 1 heterocycles. The van der Waals surface area contributed by atoms with Crippen LogP contribution in [0.2, 0.25) is 5.02 Å². The van der Waals surface area contributed by atoms with Crippen molar-refractivity contribution in [3.05, 3.63) is 58.9 Å². The normalized spacial score (nSPS) is 10.3. The summed E-state index contributed by atoms with van der Waals surface area (Å²) in [4.78, 5) is 16.0. The van der Waals surface area contributed by atoms with E-state index >= 15 is 0 Å². The lowest BCUT2D eigenvalue weighted by Gasteiger charge is -2.12. The van der Waals surface area contributed by atoms with Gasteiger partial charge in [0.1, 0.15) is 5.69 Å². The Hall–Kier alpha value is -2.11. The Morgan fingerprint density at radius 1 is 1.27 bits per heavy atom. The second-order valence-electron chi connectivity index (χ2n) is 4.62. The number of carbonyl (C=O) groups excluding carboxylic acids is 1. The molecular formula is C16H18ClN3O2. The Labute approximate surface area is 134 Å². The van der Waals surface area contributed by atoms with E-state index in [0.29, 0.717) is 30.4 Å². The zero-order valence-electron chi connectivity index (χ0n) is 12.3. The van der Waals surface area contributed by atoms with Crippen LogP contribution in [0.1, 0.15) is 16.1 Å². The van der Waals surface area contributed by atoms with E-state index in [-0.39, 0.29) is 5.91 Å². The standard InChI is InChI=1S/C16H18ClN3O2/c1-22-9-8-18-14-5-3-2-4-12(14)10-20-16(21)15-7-6-13(17)11-19-15/h2-7,11,18H,8-10H2,1H3,(H,20,21). The molecule has 0 spiro atoms. The summed E-state index contributed by atoms with van der Waals surface area (Å²) in [7, 11) is 1.66. The first-order valence-corrected chi connectivity index (χ1v) is 7.29. The van der Waals surface area contributed by atoms with Gasteiger partial charge in [-0.2, -0.15) is 0 Å². The molecule has 0 bridgehead atoms. The molecule has 0 saturated carbocycles. The molecule has 2 aromatic rings. The van der Waals surface area contributed by atoms with E-state index in [1.807, 2.05) is 24.3 Å². The number of anilines is 1. The van der Waals surface area contributed by atoms with E-state index in [1.54, 1.807) is 19.2 Å². The molecule has 0 atom stereocenters. The second kappa shape index (κ2) is 8.36. The fourth-order valence-corrected chi connectivity index (χ4v) is 2.02. The van der Waals surface area contributed by atoms with Crippen molar-refractivity contribution < 1.29 is 9.53 Å². The number of benzene rings is 1. The van der Waals surface area contributed by atoms with Crippen LogP contribution in [0.4, 0.5) is 5.69 Å². The Morgan fingerprint density at radius 2 is 2.09 bits per heavy atom. The predicted molar refractivity (Wildman–Crippen MR) is 87.2 cm³/mol. The first kappa shape index (κ1) is 16.3. The van der Waals surface area contributed by atoms with Crippen LogP contribution < -0.4 is 10.6 Å². The van der Waals surface area contributed by atoms with Gasteiger partial charge < -0.3 is 15.4 Å². The van der Waals surface area contributed by atoms with Crippen LogP contribution in [-0.4, -0.2) is 31.2 Å². The molecule has 22 heavy (non-hydrogen) atoms. The third-order valence-electron chi connectivity index (χ3n) is 3.04. The van der Waals surface area contributed by atoms with Crippen molar-refractivity contribution in [2.45, 2.75) is 6.54 Å². The highest BCUT2D eigenvalue weighted by Gasteiger charge is 2.08. The summed E-state index contributed by atoms with van der Waals surface area (Å²) in [6.45, 7) is 1.74. The number of amides is 1. The van der Waals surface area contributed by atoms with Crippen LogP contribution in [-0.2, 0) is 11.3 Å². The molecule has 116 valence electrons. The highest BCUT2D eigenvalue weighted by atomic mass is 35.5. The first-order valence-electron chi connectivity index (χ1n) is 6.91. The largest absolute Gasteiger partial charge is 0.383 e. The number of ether oxygens (including phenoxy) is 1. The SMILES string of the molecule is COCCNc1ccccc1CNC(=O)c1ccc(Cl)cn1. The van der Waals surface area contributed by atoms with Gasteiger partial charge in [-0.25, -0.2) is 4.98 Å². The number of para-hydroxylation sites is 1. The highest BCUT2D eigenvalue weighted by Crippen LogP contribution is 2.14. The lowest BCUT2D eigenvalue weighted by atomic mass is 10.1. The monoisotopic (exact) mass is 319 g/mol. The van der Waals surface area contributed by atoms with Gasteiger partial charge in [0.25, 0.3) is 5.91 Å². The van der Waals surface area contributed by atoms with E-state index in [9.17, 15) is 4.79 Å². The summed E-state index contributed by atoms with van der Waals surface area (Å²) >= 11 is 5.76. The van der Waals surface area contributed by atoms with Crippen molar-refractivity contribution in [3.8, 4) is 0 Å². The number of hydrogen-bond acceptors (Lipinski definition) is 4. The summed E-state index contributed by atoms with van der Waals surface area (Å²) in [6, 6.07) is 11.1. The maximum absolute atomic E-state index is 12.0. The van der Waals surface area contributed by atoms with Gasteiger partial charge in [-0.05, 0) is 23.8 Å². The van der Waals surface area contributed by atoms with Crippen LogP contribution in [0, 0.1) is 0 Å². The lowest BCUT2D eigenvalue weighted by Crippen LogP contribution is -2.24. The molecule has 0 aliphatic heterocycles. The summed E-state index contributed by atoms with van der Waals surface area (Å²) in [5.41, 5.74) is 2.32. The minimum absolute atomic E-state index is 0.233. The van der Waals surface area contributed by atoms with Crippen LogP contribution in [0.25, 0.3) is 0 Å². The van der Waals surface area contributed by atoms with Crippen molar-refractivity contribution in [1.29, 1.82) is 0 Å². The molecule has 0 unspecified atom stereocenters. The molecule has 0 saturated heterocycles. The maximum atomic E-state index is 12.0. The predicted octanol–water partition coefficient (Wildman–Crippen LogP) is 2.72. The molecule has 0 fully saturated rings. The van der Waals surface area contributed by atoms with Crippen LogP contribution in [0.3, 0.4) is 0 Å². The highest BCUT2D eigenvalue weighted by molar-refractivity contribution is 6.30. The quantitative estimate of drug-likeness (QED) is 0.770. The Morgan fingerprint density at radius 3 is 2.82 bits per heavy atom. The van der Waals surface area contributed by atoms with Crippen LogP contribution in [0.15, 0.2) is 42.6 Å². The number of hydrogen-bond donors (Lipinski definition) is 2. The number of aromatic nitrogens is 1. The molecule has 0 aliphatic rings. The third-order valence-corrected chi connectivity index (χ3v) is 3.26. The van der Waals surface area contributed by atoms with Gasteiger partial charge in [0, 0.05) is 32.1 Å². The van der Waals surface area contributed by atoms with Gasteiger partial charge in [-0.1, -0.05) is 29.8 Å². The first-order chi connectivity index (χ1) is 10.7. The number of rotatable bonds is 7. The van der Waals surface area contributed by atoms with E-state index in [2.05, 4.69) is 15.6 Å². The number of halogens is 1. The molecule has 0 radical (unpaired) electrons. The summed E-state index contributed by atoms with van der Waals surface area (Å²) in [5, 5.41) is 6.63. The Kier molecular flexibility index (Phi) is 6.18. The van der Waals surface area contributed by atoms with Gasteiger partial charge in [0.2, 0.25) is 0 Å². The van der Waals surface area contributed by atoms with Gasteiger partial charge in [-0.15, -0.1) is 0 Å². The van der Waals surface area contributed by atoms with Gasteiger partial charge in [0.15, 0.2) is 0 Å². The van der Waals surface area contributed by atoms with Gasteiger partial charge in [-0.3, -0.25) is 4.79 Å². The molecular weight excluding hydrogens is 302 g/mol. The van der Waals surface area contributed by atoms with Gasteiger partial charge >= 0.3 is 0 Å². The van der Waals surface area contributed by atoms with Gasteiger partial charge in [0.05, 0.1) is 11.6 Å². The van der Waals surface area contributed by atoms with Crippen molar-refractivity contribution >= 4 is 23.2 Å². The smallest absolute Gasteiger partial charge is 0.270 e. The van der Waals surface area contributed by atoms with Crippen molar-refractivity contribution in [2.24, 2.45) is 0 Å². The summed E-state index contributed by atoms with van der Waals surface area (Å²) < 4.78 is 5.02. The fourth-order valence-electron chi connectivity index (χ4n) is 1.91. The maximum Gasteiger partial charge on any atom is 0.270 e. The zero-order chi connectivity index (χ0) is 15.8. The Bertz CT molecular complexity index is 617. The number of pyridine rings is 1. The fraction of sp³-hybridized carbons (Fsp3) is 0.250. The zero-order valence-corrected chi connectivity index (χ0v) is 13.1. The van der Waals surface area contributed by atoms with E-state index < -0.39 is 0 Å². The topological polar surface area (TPSA) is 63.2 Å². The molecule has 2 rings (SSSR count). The van der Waals surface area contributed by atoms with Crippen molar-refractivity contribution in [3.63, 3.8) is 0 Å². The number of methoxy groups -OCH3 is 1. The van der Waals surface area contributed by atoms with Crippen LogP contribution in [0.5, 0.6) is 0 Å². The minimum atomic E-state index is -0.233. The molecule has 1 amide bonds. The second-order valence-corrected chi connectivity index (χ2v) is 5.06. The van der Waals surface area contributed by atoms with E-state index in [0.717, 1.165) is 11.3 Å². The molecule has 1 aromatic heterocycles. The number of nitrogens with zero attached hydrogens (tertiary/aromatic N) is 1. The molecule has 0 aliphatic carbocycles. The molecule has 1 aromatic carbocycles. The number of carbonyl (C=O) groups is 1. The van der Waals surface area contributed by atoms with Crippen molar-refractivity contribution in [1.82, 2.24) is 10.3 Å².